The molecule has 2 atom stereocenters. The first-order valence-corrected chi connectivity index (χ1v) is 7.88. The van der Waals surface area contributed by atoms with Gasteiger partial charge >= 0.3 is 0 Å². The molecule has 1 aliphatic rings. The summed E-state index contributed by atoms with van der Waals surface area (Å²) < 4.78 is 10.9. The lowest BCUT2D eigenvalue weighted by Gasteiger charge is -2.36. The van der Waals surface area contributed by atoms with Gasteiger partial charge in [-0.25, -0.2) is 0 Å². The van der Waals surface area contributed by atoms with Crippen LogP contribution in [0.2, 0.25) is 5.02 Å². The van der Waals surface area contributed by atoms with E-state index in [-0.39, 0.29) is 6.04 Å². The van der Waals surface area contributed by atoms with Gasteiger partial charge in [-0.05, 0) is 36.2 Å². The van der Waals surface area contributed by atoms with Crippen LogP contribution in [0.3, 0.4) is 0 Å². The van der Waals surface area contributed by atoms with Crippen molar-refractivity contribution in [2.45, 2.75) is 25.1 Å². The predicted molar refractivity (Wildman–Crippen MR) is 84.8 cm³/mol. The zero-order chi connectivity index (χ0) is 15.4. The van der Waals surface area contributed by atoms with Gasteiger partial charge < -0.3 is 14.3 Å². The number of morpholine rings is 1. The van der Waals surface area contributed by atoms with Gasteiger partial charge in [-0.2, -0.15) is 0 Å². The highest BCUT2D eigenvalue weighted by atomic mass is 35.5. The Balaban J connectivity index is 1.66. The molecule has 22 heavy (non-hydrogen) atoms. The van der Waals surface area contributed by atoms with E-state index in [1.807, 2.05) is 18.2 Å². The van der Waals surface area contributed by atoms with Crippen molar-refractivity contribution in [3.8, 4) is 0 Å². The molecule has 1 aromatic carbocycles. The van der Waals surface area contributed by atoms with Crippen LogP contribution >= 0.6 is 11.6 Å². The summed E-state index contributed by atoms with van der Waals surface area (Å²) in [7, 11) is 0. The van der Waals surface area contributed by atoms with E-state index in [1.54, 1.807) is 18.4 Å². The average molecular weight is 322 g/mol. The first kappa shape index (κ1) is 15.6. The maximum absolute atomic E-state index is 10.3. The Bertz CT molecular complexity index is 587. The Kier molecular flexibility index (Phi) is 5.16. The Hall–Kier alpha value is -1.33. The lowest BCUT2D eigenvalue weighted by molar-refractivity contribution is -0.0323. The third kappa shape index (κ3) is 3.90. The molecule has 1 aliphatic heterocycles. The minimum Gasteiger partial charge on any atom is -0.467 e. The van der Waals surface area contributed by atoms with Crippen LogP contribution in [0.25, 0.3) is 0 Å². The maximum atomic E-state index is 10.3. The molecular weight excluding hydrogens is 302 g/mol. The molecule has 1 saturated heterocycles. The topological polar surface area (TPSA) is 45.8 Å². The number of halogens is 1. The quantitative estimate of drug-likeness (QED) is 0.918. The summed E-state index contributed by atoms with van der Waals surface area (Å²) in [6.45, 7) is 2.99. The fraction of sp³-hybridized carbons (Fsp3) is 0.412. The van der Waals surface area contributed by atoms with Gasteiger partial charge in [-0.15, -0.1) is 0 Å². The van der Waals surface area contributed by atoms with Crippen molar-refractivity contribution in [3.63, 3.8) is 0 Å². The summed E-state index contributed by atoms with van der Waals surface area (Å²) in [6, 6.07) is 11.6. The van der Waals surface area contributed by atoms with E-state index in [1.165, 1.54) is 5.56 Å². The van der Waals surface area contributed by atoms with Crippen LogP contribution in [0.4, 0.5) is 0 Å². The number of furan rings is 1. The Morgan fingerprint density at radius 1 is 1.32 bits per heavy atom. The number of aliphatic hydroxyl groups excluding tert-OH is 1. The van der Waals surface area contributed by atoms with Gasteiger partial charge in [0.05, 0.1) is 19.5 Å². The van der Waals surface area contributed by atoms with Crippen molar-refractivity contribution in [2.24, 2.45) is 0 Å². The summed E-state index contributed by atoms with van der Waals surface area (Å²) in [4.78, 5) is 2.33. The second-order valence-corrected chi connectivity index (χ2v) is 6.03. The highest BCUT2D eigenvalue weighted by molar-refractivity contribution is 6.30. The molecule has 0 radical (unpaired) electrons. The SMILES string of the molecule is OC(CC1COCCN1Cc1cccc(Cl)c1)c1ccco1. The van der Waals surface area contributed by atoms with E-state index >= 15 is 0 Å². The Labute approximate surface area is 135 Å². The minimum absolute atomic E-state index is 0.160. The number of benzene rings is 1. The van der Waals surface area contributed by atoms with Gasteiger partial charge in [0.25, 0.3) is 0 Å². The van der Waals surface area contributed by atoms with Gasteiger partial charge in [-0.3, -0.25) is 4.90 Å². The fourth-order valence-corrected chi connectivity index (χ4v) is 3.05. The molecule has 2 aromatic rings. The molecule has 0 spiro atoms. The lowest BCUT2D eigenvalue weighted by atomic mass is 10.0. The molecular formula is C17H20ClNO3. The normalized spacial score (nSPS) is 20.9. The molecule has 2 unspecified atom stereocenters. The molecule has 0 aliphatic carbocycles. The first-order chi connectivity index (χ1) is 10.7. The van der Waals surface area contributed by atoms with Crippen LogP contribution in [-0.4, -0.2) is 35.8 Å². The zero-order valence-electron chi connectivity index (χ0n) is 12.3. The molecule has 1 fully saturated rings. The molecule has 0 saturated carbocycles. The fourth-order valence-electron chi connectivity index (χ4n) is 2.84. The second kappa shape index (κ2) is 7.29. The third-order valence-corrected chi connectivity index (χ3v) is 4.23. The monoisotopic (exact) mass is 321 g/mol. The Morgan fingerprint density at radius 2 is 2.23 bits per heavy atom. The summed E-state index contributed by atoms with van der Waals surface area (Å²) in [5, 5.41) is 11.0. The van der Waals surface area contributed by atoms with E-state index in [9.17, 15) is 5.11 Å². The summed E-state index contributed by atoms with van der Waals surface area (Å²) in [5.41, 5.74) is 1.17. The van der Waals surface area contributed by atoms with E-state index in [0.717, 1.165) is 18.1 Å². The van der Waals surface area contributed by atoms with Crippen LogP contribution in [-0.2, 0) is 11.3 Å². The average Bonchev–Trinajstić information content (AvgIpc) is 3.04. The molecule has 0 bridgehead atoms. The maximum Gasteiger partial charge on any atom is 0.132 e. The largest absolute Gasteiger partial charge is 0.467 e. The van der Waals surface area contributed by atoms with Crippen LogP contribution in [0.5, 0.6) is 0 Å². The van der Waals surface area contributed by atoms with Gasteiger partial charge in [0.2, 0.25) is 0 Å². The molecule has 2 heterocycles. The van der Waals surface area contributed by atoms with Crippen molar-refractivity contribution >= 4 is 11.6 Å². The van der Waals surface area contributed by atoms with Crippen molar-refractivity contribution in [1.29, 1.82) is 0 Å². The van der Waals surface area contributed by atoms with E-state index < -0.39 is 6.10 Å². The van der Waals surface area contributed by atoms with Gasteiger partial charge in [0.1, 0.15) is 11.9 Å². The lowest BCUT2D eigenvalue weighted by Crippen LogP contribution is -2.45. The summed E-state index contributed by atoms with van der Waals surface area (Å²) in [6.07, 6.45) is 1.57. The van der Waals surface area contributed by atoms with Crippen molar-refractivity contribution in [3.05, 3.63) is 59.0 Å². The van der Waals surface area contributed by atoms with E-state index in [0.29, 0.717) is 25.4 Å². The minimum atomic E-state index is -0.608. The summed E-state index contributed by atoms with van der Waals surface area (Å²) in [5.74, 6) is 0.605. The second-order valence-electron chi connectivity index (χ2n) is 5.60. The third-order valence-electron chi connectivity index (χ3n) is 3.99. The van der Waals surface area contributed by atoms with Crippen molar-refractivity contribution in [2.75, 3.05) is 19.8 Å². The number of ether oxygens (including phenoxy) is 1. The Morgan fingerprint density at radius 3 is 3.00 bits per heavy atom. The molecule has 1 N–H and O–H groups in total. The van der Waals surface area contributed by atoms with Gasteiger partial charge in [0.15, 0.2) is 0 Å². The number of hydrogen-bond acceptors (Lipinski definition) is 4. The molecule has 4 nitrogen and oxygen atoms in total. The molecule has 3 rings (SSSR count). The molecule has 118 valence electrons. The van der Waals surface area contributed by atoms with Gasteiger partial charge in [0, 0.05) is 24.2 Å². The van der Waals surface area contributed by atoms with Gasteiger partial charge in [-0.1, -0.05) is 23.7 Å². The molecule has 1 aromatic heterocycles. The van der Waals surface area contributed by atoms with Crippen LogP contribution in [0.1, 0.15) is 23.8 Å². The summed E-state index contributed by atoms with van der Waals surface area (Å²) >= 11 is 6.06. The molecule has 0 amide bonds. The first-order valence-electron chi connectivity index (χ1n) is 7.50. The number of aliphatic hydroxyl groups is 1. The number of nitrogens with zero attached hydrogens (tertiary/aromatic N) is 1. The van der Waals surface area contributed by atoms with E-state index in [2.05, 4.69) is 11.0 Å². The predicted octanol–water partition coefficient (Wildman–Crippen LogP) is 3.26. The van der Waals surface area contributed by atoms with Crippen molar-refractivity contribution in [1.82, 2.24) is 4.90 Å². The standard InChI is InChI=1S/C17H20ClNO3/c18-14-4-1-3-13(9-14)11-19-6-8-21-12-15(19)10-16(20)17-5-2-7-22-17/h1-5,7,9,15-16,20H,6,8,10-12H2. The highest BCUT2D eigenvalue weighted by Gasteiger charge is 2.27. The van der Waals surface area contributed by atoms with Crippen LogP contribution < -0.4 is 0 Å². The number of rotatable bonds is 5. The van der Waals surface area contributed by atoms with E-state index in [4.69, 9.17) is 20.8 Å². The number of hydrogen-bond donors (Lipinski definition) is 1. The van der Waals surface area contributed by atoms with Crippen LogP contribution in [0.15, 0.2) is 47.1 Å². The molecule has 5 heteroatoms. The smallest absolute Gasteiger partial charge is 0.132 e. The zero-order valence-corrected chi connectivity index (χ0v) is 13.1. The van der Waals surface area contributed by atoms with Crippen molar-refractivity contribution < 1.29 is 14.3 Å². The van der Waals surface area contributed by atoms with Crippen LogP contribution in [0, 0.1) is 0 Å². The highest BCUT2D eigenvalue weighted by Crippen LogP contribution is 2.24.